The molecule has 1 rings (SSSR count). The van der Waals surface area contributed by atoms with E-state index in [9.17, 15) is 18.0 Å². The van der Waals surface area contributed by atoms with Crippen LogP contribution in [0.15, 0.2) is 18.2 Å². The van der Waals surface area contributed by atoms with E-state index in [0.29, 0.717) is 17.9 Å². The van der Waals surface area contributed by atoms with Crippen molar-refractivity contribution in [3.05, 3.63) is 29.3 Å². The molecule has 0 aromatic heterocycles. The summed E-state index contributed by atoms with van der Waals surface area (Å²) in [4.78, 5) is 11.1. The number of alkyl halides is 3. The summed E-state index contributed by atoms with van der Waals surface area (Å²) in [6.45, 7) is 4.14. The summed E-state index contributed by atoms with van der Waals surface area (Å²) < 4.78 is 42.2. The minimum atomic E-state index is -4.85. The molecule has 0 spiro atoms. The lowest BCUT2D eigenvalue weighted by Crippen LogP contribution is -2.22. The Bertz CT molecular complexity index is 425. The summed E-state index contributed by atoms with van der Waals surface area (Å²) in [7, 11) is 0. The van der Waals surface area contributed by atoms with Crippen molar-refractivity contribution < 1.29 is 22.7 Å². The van der Waals surface area contributed by atoms with Crippen molar-refractivity contribution in [2.45, 2.75) is 32.9 Å². The highest BCUT2D eigenvalue weighted by molar-refractivity contribution is 6.00. The second-order valence-electron chi connectivity index (χ2n) is 4.01. The van der Waals surface area contributed by atoms with E-state index in [1.165, 1.54) is 6.07 Å². The van der Waals surface area contributed by atoms with Crippen LogP contribution in [0, 0.1) is 6.92 Å². The molecule has 0 heterocycles. The average Bonchev–Trinajstić information content (AvgIpc) is 2.30. The maximum absolute atomic E-state index is 12.3. The third-order valence-electron chi connectivity index (χ3n) is 2.46. The van der Waals surface area contributed by atoms with Gasteiger partial charge in [-0.05, 0) is 25.0 Å². The average molecular weight is 260 g/mol. The third-order valence-corrected chi connectivity index (χ3v) is 2.46. The zero-order valence-electron chi connectivity index (χ0n) is 10.3. The first-order valence-corrected chi connectivity index (χ1v) is 5.71. The second kappa shape index (κ2) is 5.89. The second-order valence-corrected chi connectivity index (χ2v) is 4.01. The van der Waals surface area contributed by atoms with Crippen LogP contribution >= 0.6 is 0 Å². The molecule has 0 amide bonds. The van der Waals surface area contributed by atoms with Crippen LogP contribution in [0.1, 0.15) is 35.7 Å². The fourth-order valence-electron chi connectivity index (χ4n) is 1.39. The van der Waals surface area contributed by atoms with Crippen LogP contribution in [0.3, 0.4) is 0 Å². The van der Waals surface area contributed by atoms with Crippen molar-refractivity contribution in [1.29, 1.82) is 0 Å². The zero-order valence-corrected chi connectivity index (χ0v) is 10.3. The van der Waals surface area contributed by atoms with Gasteiger partial charge in [0.15, 0.2) is 0 Å². The van der Waals surface area contributed by atoms with Gasteiger partial charge in [0, 0.05) is 5.56 Å². The van der Waals surface area contributed by atoms with Gasteiger partial charge < -0.3 is 4.74 Å². The van der Waals surface area contributed by atoms with Crippen molar-refractivity contribution >= 4 is 5.78 Å². The Morgan fingerprint density at radius 2 is 2.00 bits per heavy atom. The van der Waals surface area contributed by atoms with Crippen LogP contribution < -0.4 is 4.74 Å². The number of ether oxygens (including phenoxy) is 1. The molecular formula is C13H15F3O2. The van der Waals surface area contributed by atoms with E-state index >= 15 is 0 Å². The van der Waals surface area contributed by atoms with Crippen LogP contribution in [0.4, 0.5) is 13.2 Å². The molecule has 5 heteroatoms. The van der Waals surface area contributed by atoms with Gasteiger partial charge in [-0.3, -0.25) is 4.79 Å². The van der Waals surface area contributed by atoms with E-state index in [-0.39, 0.29) is 5.56 Å². The van der Waals surface area contributed by atoms with Crippen LogP contribution in [0.25, 0.3) is 0 Å². The van der Waals surface area contributed by atoms with E-state index in [4.69, 9.17) is 4.74 Å². The van der Waals surface area contributed by atoms with Crippen molar-refractivity contribution in [3.63, 3.8) is 0 Å². The summed E-state index contributed by atoms with van der Waals surface area (Å²) in [6, 6.07) is 3.78. The number of carbonyl (C=O) groups is 1. The molecule has 0 radical (unpaired) electrons. The molecular weight excluding hydrogens is 245 g/mol. The Balaban J connectivity index is 2.90. The van der Waals surface area contributed by atoms with Gasteiger partial charge in [0.2, 0.25) is 0 Å². The Morgan fingerprint density at radius 3 is 2.56 bits per heavy atom. The Labute approximate surface area is 104 Å². The van der Waals surface area contributed by atoms with Gasteiger partial charge in [-0.2, -0.15) is 13.2 Å². The lowest BCUT2D eigenvalue weighted by molar-refractivity contribution is -0.0885. The number of unbranched alkanes of at least 4 members (excludes halogenated alkanes) is 1. The fourth-order valence-corrected chi connectivity index (χ4v) is 1.39. The third kappa shape index (κ3) is 3.75. The number of ketones is 1. The lowest BCUT2D eigenvalue weighted by Gasteiger charge is -2.11. The first-order valence-electron chi connectivity index (χ1n) is 5.71. The summed E-state index contributed by atoms with van der Waals surface area (Å²) >= 11 is 0. The predicted molar refractivity (Wildman–Crippen MR) is 62.0 cm³/mol. The first-order chi connectivity index (χ1) is 8.36. The minimum absolute atomic E-state index is 0.332. The molecule has 0 saturated heterocycles. The Morgan fingerprint density at radius 1 is 1.33 bits per heavy atom. The van der Waals surface area contributed by atoms with E-state index in [2.05, 4.69) is 0 Å². The quantitative estimate of drug-likeness (QED) is 0.592. The van der Waals surface area contributed by atoms with Crippen LogP contribution in [0.2, 0.25) is 0 Å². The highest BCUT2D eigenvalue weighted by atomic mass is 19.4. The molecule has 1 aromatic carbocycles. The SMILES string of the molecule is CCCCOc1cc(C(=O)C(F)(F)F)ccc1C. The van der Waals surface area contributed by atoms with Crippen molar-refractivity contribution in [2.75, 3.05) is 6.61 Å². The standard InChI is InChI=1S/C13H15F3O2/c1-3-4-7-18-11-8-10(6-5-9(11)2)12(17)13(14,15)16/h5-6,8H,3-4,7H2,1-2H3. The Kier molecular flexibility index (Phi) is 4.76. The smallest absolute Gasteiger partial charge is 0.454 e. The molecule has 0 atom stereocenters. The number of carbonyl (C=O) groups excluding carboxylic acids is 1. The largest absolute Gasteiger partial charge is 0.493 e. The molecule has 0 aliphatic rings. The molecule has 0 bridgehead atoms. The van der Waals surface area contributed by atoms with Gasteiger partial charge in [-0.1, -0.05) is 25.5 Å². The van der Waals surface area contributed by atoms with E-state index in [0.717, 1.165) is 25.0 Å². The maximum Gasteiger partial charge on any atom is 0.454 e. The van der Waals surface area contributed by atoms with Gasteiger partial charge >= 0.3 is 6.18 Å². The van der Waals surface area contributed by atoms with E-state index in [1.807, 2.05) is 6.92 Å². The van der Waals surface area contributed by atoms with Gasteiger partial charge in [-0.15, -0.1) is 0 Å². The maximum atomic E-state index is 12.3. The zero-order chi connectivity index (χ0) is 13.8. The number of benzene rings is 1. The molecule has 0 aliphatic carbocycles. The molecule has 18 heavy (non-hydrogen) atoms. The minimum Gasteiger partial charge on any atom is -0.493 e. The van der Waals surface area contributed by atoms with Crippen LogP contribution in [-0.2, 0) is 0 Å². The normalized spacial score (nSPS) is 11.4. The molecule has 0 N–H and O–H groups in total. The summed E-state index contributed by atoms with van der Waals surface area (Å²) in [6.07, 6.45) is -3.10. The summed E-state index contributed by atoms with van der Waals surface area (Å²) in [5.41, 5.74) is 0.324. The highest BCUT2D eigenvalue weighted by Gasteiger charge is 2.39. The van der Waals surface area contributed by atoms with Gasteiger partial charge in [0.25, 0.3) is 5.78 Å². The summed E-state index contributed by atoms with van der Waals surface area (Å²) in [5.74, 6) is -1.51. The van der Waals surface area contributed by atoms with Crippen molar-refractivity contribution in [2.24, 2.45) is 0 Å². The van der Waals surface area contributed by atoms with Crippen molar-refractivity contribution in [1.82, 2.24) is 0 Å². The molecule has 0 aliphatic heterocycles. The molecule has 0 saturated carbocycles. The number of Topliss-reactive ketones (excluding diaryl/α,β-unsaturated/α-hetero) is 1. The molecule has 100 valence electrons. The molecule has 0 unspecified atom stereocenters. The number of aryl methyl sites for hydroxylation is 1. The molecule has 0 fully saturated rings. The Hall–Kier alpha value is -1.52. The molecule has 1 aromatic rings. The van der Waals surface area contributed by atoms with E-state index in [1.54, 1.807) is 6.92 Å². The predicted octanol–water partition coefficient (Wildman–Crippen LogP) is 3.92. The monoisotopic (exact) mass is 260 g/mol. The molecule has 2 nitrogen and oxygen atoms in total. The van der Waals surface area contributed by atoms with Gasteiger partial charge in [0.1, 0.15) is 5.75 Å². The summed E-state index contributed by atoms with van der Waals surface area (Å²) in [5, 5.41) is 0. The number of halogens is 3. The van der Waals surface area contributed by atoms with E-state index < -0.39 is 12.0 Å². The van der Waals surface area contributed by atoms with Crippen LogP contribution in [0.5, 0.6) is 5.75 Å². The highest BCUT2D eigenvalue weighted by Crippen LogP contribution is 2.26. The van der Waals surface area contributed by atoms with Gasteiger partial charge in [0.05, 0.1) is 6.61 Å². The lowest BCUT2D eigenvalue weighted by atomic mass is 10.1. The fraction of sp³-hybridized carbons (Fsp3) is 0.462. The van der Waals surface area contributed by atoms with Gasteiger partial charge in [-0.25, -0.2) is 0 Å². The van der Waals surface area contributed by atoms with Crippen molar-refractivity contribution in [3.8, 4) is 5.75 Å². The topological polar surface area (TPSA) is 26.3 Å². The number of hydrogen-bond donors (Lipinski definition) is 0. The number of hydrogen-bond acceptors (Lipinski definition) is 2. The number of rotatable bonds is 5. The van der Waals surface area contributed by atoms with Crippen LogP contribution in [-0.4, -0.2) is 18.6 Å². The first kappa shape index (κ1) is 14.5.